The minimum atomic E-state index is -0.269. The van der Waals surface area contributed by atoms with E-state index in [1.165, 1.54) is 4.57 Å². The number of thiazole rings is 1. The lowest BCUT2D eigenvalue weighted by Gasteiger charge is -2.06. The van der Waals surface area contributed by atoms with Gasteiger partial charge in [-0.25, -0.2) is 0 Å². The Bertz CT molecular complexity index is 1180. The third kappa shape index (κ3) is 3.62. The van der Waals surface area contributed by atoms with Crippen LogP contribution >= 0.6 is 50.5 Å². The highest BCUT2D eigenvalue weighted by Crippen LogP contribution is 2.36. The second-order valence-corrected chi connectivity index (χ2v) is 8.65. The van der Waals surface area contributed by atoms with Gasteiger partial charge in [0.25, 0.3) is 0 Å². The van der Waals surface area contributed by atoms with Crippen LogP contribution in [0.15, 0.2) is 50.7 Å². The van der Waals surface area contributed by atoms with Crippen molar-refractivity contribution in [3.8, 4) is 5.88 Å². The Kier molecular flexibility index (Phi) is 4.99. The van der Waals surface area contributed by atoms with Crippen molar-refractivity contribution >= 4 is 74.0 Å². The van der Waals surface area contributed by atoms with Gasteiger partial charge >= 0.3 is 4.87 Å². The first kappa shape index (κ1) is 18.5. The number of fused-ring (bicyclic) bond motifs is 1. The van der Waals surface area contributed by atoms with Crippen LogP contribution in [0, 0.1) is 0 Å². The molecule has 1 aromatic heterocycles. The van der Waals surface area contributed by atoms with E-state index in [1.807, 2.05) is 18.2 Å². The largest absolute Gasteiger partial charge is 0.493 e. The Balaban J connectivity index is 1.71. The summed E-state index contributed by atoms with van der Waals surface area (Å²) in [5, 5.41) is 11.5. The average molecular weight is 482 g/mol. The zero-order chi connectivity index (χ0) is 19.1. The lowest BCUT2D eigenvalue weighted by molar-refractivity contribution is 0.420. The van der Waals surface area contributed by atoms with Crippen molar-refractivity contribution in [2.24, 2.45) is 4.99 Å². The zero-order valence-electron chi connectivity index (χ0n) is 13.6. The van der Waals surface area contributed by atoms with Crippen LogP contribution in [0.2, 0.25) is 10.0 Å². The van der Waals surface area contributed by atoms with E-state index in [1.54, 1.807) is 30.5 Å². The van der Waals surface area contributed by atoms with Crippen LogP contribution in [-0.2, 0) is 6.54 Å². The van der Waals surface area contributed by atoms with Crippen LogP contribution < -0.4 is 4.87 Å². The molecule has 0 unspecified atom stereocenters. The maximum atomic E-state index is 12.4. The number of allylic oxidation sites excluding steroid dienone is 1. The van der Waals surface area contributed by atoms with Gasteiger partial charge in [0.1, 0.15) is 0 Å². The molecule has 0 saturated heterocycles. The minimum Gasteiger partial charge on any atom is -0.493 e. The Morgan fingerprint density at radius 1 is 1.22 bits per heavy atom. The molecule has 4 rings (SSSR count). The first-order valence-electron chi connectivity index (χ1n) is 7.84. The molecule has 1 N–H and O–H groups in total. The van der Waals surface area contributed by atoms with E-state index in [-0.39, 0.29) is 17.3 Å². The van der Waals surface area contributed by atoms with E-state index in [2.05, 4.69) is 20.9 Å². The first-order valence-corrected chi connectivity index (χ1v) is 10.2. The maximum absolute atomic E-state index is 12.4. The van der Waals surface area contributed by atoms with Crippen LogP contribution in [0.5, 0.6) is 5.88 Å². The highest BCUT2D eigenvalue weighted by Gasteiger charge is 2.17. The lowest BCUT2D eigenvalue weighted by atomic mass is 10.1. The van der Waals surface area contributed by atoms with E-state index < -0.39 is 0 Å². The quantitative estimate of drug-likeness (QED) is 0.499. The predicted octanol–water partition coefficient (Wildman–Crippen LogP) is 5.99. The fraction of sp³-hybridized carbons (Fsp3) is 0.0526. The summed E-state index contributed by atoms with van der Waals surface area (Å²) in [6, 6.07) is 10.8. The van der Waals surface area contributed by atoms with Gasteiger partial charge in [-0.05, 0) is 42.0 Å². The van der Waals surface area contributed by atoms with E-state index in [0.29, 0.717) is 20.5 Å². The minimum absolute atomic E-state index is 0.0969. The van der Waals surface area contributed by atoms with Crippen molar-refractivity contribution in [2.75, 3.05) is 0 Å². The molecule has 136 valence electrons. The van der Waals surface area contributed by atoms with E-state index in [9.17, 15) is 9.90 Å². The molecule has 0 amide bonds. The molecule has 0 saturated carbocycles. The lowest BCUT2D eigenvalue weighted by Crippen LogP contribution is -2.13. The van der Waals surface area contributed by atoms with Crippen molar-refractivity contribution in [2.45, 2.75) is 6.54 Å². The molecule has 0 fully saturated rings. The maximum Gasteiger partial charge on any atom is 0.310 e. The van der Waals surface area contributed by atoms with Gasteiger partial charge in [-0.15, -0.1) is 0 Å². The molecule has 3 aromatic rings. The van der Waals surface area contributed by atoms with Gasteiger partial charge in [0.2, 0.25) is 5.88 Å². The van der Waals surface area contributed by atoms with Crippen molar-refractivity contribution < 1.29 is 5.11 Å². The van der Waals surface area contributed by atoms with Crippen molar-refractivity contribution in [3.63, 3.8) is 0 Å². The summed E-state index contributed by atoms with van der Waals surface area (Å²) in [7, 11) is 0. The molecule has 0 radical (unpaired) electrons. The molecule has 27 heavy (non-hydrogen) atoms. The Morgan fingerprint density at radius 3 is 2.81 bits per heavy atom. The Labute approximate surface area is 177 Å². The van der Waals surface area contributed by atoms with E-state index in [4.69, 9.17) is 23.2 Å². The van der Waals surface area contributed by atoms with Gasteiger partial charge in [-0.1, -0.05) is 56.5 Å². The number of nitrogens with zero attached hydrogens (tertiary/aromatic N) is 2. The number of aromatic nitrogens is 1. The third-order valence-corrected chi connectivity index (χ3v) is 6.13. The van der Waals surface area contributed by atoms with Crippen LogP contribution in [0.3, 0.4) is 0 Å². The monoisotopic (exact) mass is 480 g/mol. The van der Waals surface area contributed by atoms with E-state index in [0.717, 1.165) is 32.6 Å². The number of halogens is 3. The van der Waals surface area contributed by atoms with Crippen LogP contribution in [0.4, 0.5) is 5.69 Å². The summed E-state index contributed by atoms with van der Waals surface area (Å²) in [6.45, 7) is 0.163. The van der Waals surface area contributed by atoms with Crippen molar-refractivity contribution in [1.29, 1.82) is 0 Å². The van der Waals surface area contributed by atoms with Crippen LogP contribution in [0.25, 0.3) is 11.6 Å². The molecule has 1 aliphatic heterocycles. The summed E-state index contributed by atoms with van der Waals surface area (Å²) < 4.78 is 2.23. The molecule has 4 nitrogen and oxygen atoms in total. The number of benzene rings is 2. The van der Waals surface area contributed by atoms with Gasteiger partial charge in [0.15, 0.2) is 0 Å². The van der Waals surface area contributed by atoms with Gasteiger partial charge in [-0.2, -0.15) is 0 Å². The predicted molar refractivity (Wildman–Crippen MR) is 116 cm³/mol. The number of hydrogen-bond donors (Lipinski definition) is 1. The SMILES string of the molecule is O=c1sc(/C=C2/C=Nc3ccc(Br)cc32)c(O)n1Cc1ccc(Cl)cc1Cl. The second kappa shape index (κ2) is 7.28. The zero-order valence-corrected chi connectivity index (χ0v) is 17.5. The number of rotatable bonds is 3. The molecule has 2 aromatic carbocycles. The molecule has 0 atom stereocenters. The van der Waals surface area contributed by atoms with Crippen LogP contribution in [-0.4, -0.2) is 15.9 Å². The fourth-order valence-electron chi connectivity index (χ4n) is 2.78. The fourth-order valence-corrected chi connectivity index (χ4v) is 4.45. The van der Waals surface area contributed by atoms with E-state index >= 15 is 0 Å². The second-order valence-electron chi connectivity index (χ2n) is 5.90. The highest BCUT2D eigenvalue weighted by atomic mass is 79.9. The molecule has 0 bridgehead atoms. The summed E-state index contributed by atoms with van der Waals surface area (Å²) >= 11 is 16.5. The highest BCUT2D eigenvalue weighted by molar-refractivity contribution is 9.10. The average Bonchev–Trinajstić information content (AvgIpc) is 3.13. The first-order chi connectivity index (χ1) is 12.9. The topological polar surface area (TPSA) is 54.6 Å². The van der Waals surface area contributed by atoms with Crippen molar-refractivity contribution in [3.05, 3.63) is 76.6 Å². The summed E-state index contributed by atoms with van der Waals surface area (Å²) in [6.07, 6.45) is 3.49. The van der Waals surface area contributed by atoms with Crippen LogP contribution in [0.1, 0.15) is 16.0 Å². The Morgan fingerprint density at radius 2 is 2.04 bits per heavy atom. The molecule has 2 heterocycles. The molecule has 8 heteroatoms. The normalized spacial score (nSPS) is 14.1. The Hall–Kier alpha value is -1.86. The summed E-state index contributed by atoms with van der Waals surface area (Å²) in [5.74, 6) is -0.0969. The van der Waals surface area contributed by atoms with Gasteiger partial charge < -0.3 is 5.11 Å². The smallest absolute Gasteiger partial charge is 0.310 e. The molecular weight excluding hydrogens is 471 g/mol. The number of aromatic hydroxyl groups is 1. The standard InChI is InChI=1S/C19H11BrCl2N2O2S/c20-12-2-4-16-14(6-12)11(8-23-16)5-17-18(25)24(19(26)27-17)9-10-1-3-13(21)7-15(10)22/h1-8,25H,9H2/b11-5-. The summed E-state index contributed by atoms with van der Waals surface area (Å²) in [5.41, 5.74) is 3.33. The van der Waals surface area contributed by atoms with Gasteiger partial charge in [0.05, 0.1) is 17.1 Å². The molecule has 1 aliphatic rings. The van der Waals surface area contributed by atoms with Gasteiger partial charge in [-0.3, -0.25) is 14.4 Å². The number of hydrogen-bond acceptors (Lipinski definition) is 4. The van der Waals surface area contributed by atoms with Gasteiger partial charge in [0, 0.05) is 31.9 Å². The molecule has 0 spiro atoms. The third-order valence-electron chi connectivity index (χ3n) is 4.14. The number of aliphatic imine (C=N–C) groups is 1. The molecular formula is C19H11BrCl2N2O2S. The van der Waals surface area contributed by atoms with Crippen molar-refractivity contribution in [1.82, 2.24) is 4.57 Å². The summed E-state index contributed by atoms with van der Waals surface area (Å²) in [4.78, 5) is 17.0. The molecule has 0 aliphatic carbocycles.